The van der Waals surface area contributed by atoms with Gasteiger partial charge in [0.15, 0.2) is 0 Å². The van der Waals surface area contributed by atoms with E-state index in [9.17, 15) is 0 Å². The molecule has 0 bridgehead atoms. The third-order valence-electron chi connectivity index (χ3n) is 5.08. The Bertz CT molecular complexity index is 820. The molecule has 0 atom stereocenters. The summed E-state index contributed by atoms with van der Waals surface area (Å²) in [5, 5.41) is 1.27. The van der Waals surface area contributed by atoms with Crippen LogP contribution in [0.3, 0.4) is 0 Å². The molecule has 0 radical (unpaired) electrons. The molecule has 25 heavy (non-hydrogen) atoms. The number of benzene rings is 2. The molecular formula is C21H25N3O. The van der Waals surface area contributed by atoms with Crippen molar-refractivity contribution >= 4 is 10.9 Å². The monoisotopic (exact) mass is 335 g/mol. The summed E-state index contributed by atoms with van der Waals surface area (Å²) in [6.07, 6.45) is 2.14. The number of aromatic nitrogens is 1. The third-order valence-corrected chi connectivity index (χ3v) is 5.08. The molecule has 1 aliphatic rings. The van der Waals surface area contributed by atoms with Crippen LogP contribution in [0.1, 0.15) is 11.1 Å². The topological polar surface area (TPSA) is 31.5 Å². The average molecular weight is 335 g/mol. The van der Waals surface area contributed by atoms with Crippen LogP contribution in [0.4, 0.5) is 0 Å². The van der Waals surface area contributed by atoms with E-state index in [4.69, 9.17) is 4.74 Å². The highest BCUT2D eigenvalue weighted by atomic mass is 16.5. The van der Waals surface area contributed by atoms with Crippen molar-refractivity contribution in [2.75, 3.05) is 33.3 Å². The molecule has 4 rings (SSSR count). The summed E-state index contributed by atoms with van der Waals surface area (Å²) in [5.41, 5.74) is 3.93. The largest absolute Gasteiger partial charge is 0.497 e. The van der Waals surface area contributed by atoms with E-state index >= 15 is 0 Å². The number of piperazine rings is 1. The van der Waals surface area contributed by atoms with Crippen molar-refractivity contribution in [2.24, 2.45) is 0 Å². The number of aromatic amines is 1. The van der Waals surface area contributed by atoms with Gasteiger partial charge in [0, 0.05) is 56.4 Å². The summed E-state index contributed by atoms with van der Waals surface area (Å²) in [6.45, 7) is 6.53. The molecule has 0 saturated carbocycles. The number of nitrogens with one attached hydrogen (secondary N) is 1. The number of ether oxygens (including phenoxy) is 1. The minimum absolute atomic E-state index is 0.918. The summed E-state index contributed by atoms with van der Waals surface area (Å²) >= 11 is 0. The second-order valence-corrected chi connectivity index (χ2v) is 6.76. The van der Waals surface area contributed by atoms with Gasteiger partial charge in [-0.2, -0.15) is 0 Å². The van der Waals surface area contributed by atoms with E-state index in [1.165, 1.54) is 22.0 Å². The van der Waals surface area contributed by atoms with Crippen LogP contribution in [0.2, 0.25) is 0 Å². The second kappa shape index (κ2) is 7.30. The van der Waals surface area contributed by atoms with E-state index in [2.05, 4.69) is 63.4 Å². The first kappa shape index (κ1) is 16.2. The van der Waals surface area contributed by atoms with Crippen LogP contribution in [-0.2, 0) is 13.1 Å². The van der Waals surface area contributed by atoms with Crippen LogP contribution < -0.4 is 4.74 Å². The summed E-state index contributed by atoms with van der Waals surface area (Å²) in [5.74, 6) is 0.918. The van der Waals surface area contributed by atoms with Crippen LogP contribution in [0, 0.1) is 0 Å². The minimum atomic E-state index is 0.918. The molecule has 2 aromatic carbocycles. The summed E-state index contributed by atoms with van der Waals surface area (Å²) in [4.78, 5) is 8.47. The first-order valence-electron chi connectivity index (χ1n) is 8.94. The number of H-pyrrole nitrogens is 1. The van der Waals surface area contributed by atoms with Gasteiger partial charge < -0.3 is 9.72 Å². The van der Waals surface area contributed by atoms with E-state index in [-0.39, 0.29) is 0 Å². The molecular weight excluding hydrogens is 310 g/mol. The molecule has 3 aromatic rings. The number of fused-ring (bicyclic) bond motifs is 1. The van der Waals surface area contributed by atoms with Gasteiger partial charge in [0.25, 0.3) is 0 Å². The lowest BCUT2D eigenvalue weighted by Crippen LogP contribution is -2.45. The SMILES string of the molecule is COc1ccc2[nH]cc(CN3CCN(Cc4ccccc4)CC3)c2c1. The number of hydrogen-bond acceptors (Lipinski definition) is 3. The molecule has 0 unspecified atom stereocenters. The Labute approximate surface area is 149 Å². The van der Waals surface area contributed by atoms with Crippen molar-refractivity contribution < 1.29 is 4.74 Å². The lowest BCUT2D eigenvalue weighted by Gasteiger charge is -2.34. The maximum absolute atomic E-state index is 5.37. The Morgan fingerprint density at radius 1 is 0.920 bits per heavy atom. The van der Waals surface area contributed by atoms with Crippen LogP contribution >= 0.6 is 0 Å². The fourth-order valence-corrected chi connectivity index (χ4v) is 3.60. The average Bonchev–Trinajstić information content (AvgIpc) is 3.06. The molecule has 0 amide bonds. The highest BCUT2D eigenvalue weighted by molar-refractivity contribution is 5.84. The van der Waals surface area contributed by atoms with Gasteiger partial charge in [-0.15, -0.1) is 0 Å². The predicted molar refractivity (Wildman–Crippen MR) is 102 cm³/mol. The predicted octanol–water partition coefficient (Wildman–Crippen LogP) is 3.49. The molecule has 0 spiro atoms. The Morgan fingerprint density at radius 2 is 1.64 bits per heavy atom. The van der Waals surface area contributed by atoms with Gasteiger partial charge in [-0.3, -0.25) is 9.80 Å². The van der Waals surface area contributed by atoms with Crippen molar-refractivity contribution in [1.29, 1.82) is 0 Å². The van der Waals surface area contributed by atoms with E-state index in [1.54, 1.807) is 7.11 Å². The molecule has 130 valence electrons. The fraction of sp³-hybridized carbons (Fsp3) is 0.333. The van der Waals surface area contributed by atoms with Gasteiger partial charge in [0.1, 0.15) is 5.75 Å². The van der Waals surface area contributed by atoms with Crippen molar-refractivity contribution in [2.45, 2.75) is 13.1 Å². The van der Waals surface area contributed by atoms with E-state index < -0.39 is 0 Å². The fourth-order valence-electron chi connectivity index (χ4n) is 3.60. The maximum atomic E-state index is 5.37. The van der Waals surface area contributed by atoms with Gasteiger partial charge in [-0.1, -0.05) is 30.3 Å². The first-order chi connectivity index (χ1) is 12.3. The quantitative estimate of drug-likeness (QED) is 0.774. The Morgan fingerprint density at radius 3 is 2.36 bits per heavy atom. The number of rotatable bonds is 5. The number of nitrogens with zero attached hydrogens (tertiary/aromatic N) is 2. The molecule has 2 heterocycles. The Hall–Kier alpha value is -2.30. The second-order valence-electron chi connectivity index (χ2n) is 6.76. The smallest absolute Gasteiger partial charge is 0.119 e. The van der Waals surface area contributed by atoms with Gasteiger partial charge in [0.05, 0.1) is 7.11 Å². The van der Waals surface area contributed by atoms with Gasteiger partial charge in [-0.25, -0.2) is 0 Å². The standard InChI is InChI=1S/C21H25N3O/c1-25-19-7-8-21-20(13-19)18(14-22-21)16-24-11-9-23(10-12-24)15-17-5-3-2-4-6-17/h2-8,13-14,22H,9-12,15-16H2,1H3. The molecule has 4 heteroatoms. The Balaban J connectivity index is 1.37. The molecule has 4 nitrogen and oxygen atoms in total. The Kier molecular flexibility index (Phi) is 4.72. The van der Waals surface area contributed by atoms with Crippen molar-refractivity contribution in [3.63, 3.8) is 0 Å². The maximum Gasteiger partial charge on any atom is 0.119 e. The molecule has 1 saturated heterocycles. The summed E-state index contributed by atoms with van der Waals surface area (Å²) in [7, 11) is 1.72. The number of hydrogen-bond donors (Lipinski definition) is 1. The highest BCUT2D eigenvalue weighted by Crippen LogP contribution is 2.25. The zero-order valence-electron chi connectivity index (χ0n) is 14.7. The van der Waals surface area contributed by atoms with Crippen molar-refractivity contribution in [3.05, 3.63) is 65.9 Å². The van der Waals surface area contributed by atoms with Crippen molar-refractivity contribution in [3.8, 4) is 5.75 Å². The third kappa shape index (κ3) is 3.70. The minimum Gasteiger partial charge on any atom is -0.497 e. The molecule has 1 aromatic heterocycles. The lowest BCUT2D eigenvalue weighted by atomic mass is 10.1. The normalized spacial score (nSPS) is 16.4. The zero-order valence-corrected chi connectivity index (χ0v) is 14.7. The summed E-state index contributed by atoms with van der Waals surface area (Å²) < 4.78 is 5.37. The zero-order chi connectivity index (χ0) is 17.1. The van der Waals surface area contributed by atoms with Crippen molar-refractivity contribution in [1.82, 2.24) is 14.8 Å². The number of methoxy groups -OCH3 is 1. The molecule has 1 fully saturated rings. The van der Waals surface area contributed by atoms with Gasteiger partial charge in [0.2, 0.25) is 0 Å². The molecule has 0 aliphatic carbocycles. The summed E-state index contributed by atoms with van der Waals surface area (Å²) in [6, 6.07) is 17.0. The lowest BCUT2D eigenvalue weighted by molar-refractivity contribution is 0.122. The molecule has 1 aliphatic heterocycles. The van der Waals surface area contributed by atoms with E-state index in [0.717, 1.165) is 45.0 Å². The van der Waals surface area contributed by atoms with Crippen LogP contribution in [-0.4, -0.2) is 48.1 Å². The first-order valence-corrected chi connectivity index (χ1v) is 8.94. The van der Waals surface area contributed by atoms with E-state index in [0.29, 0.717) is 0 Å². The van der Waals surface area contributed by atoms with E-state index in [1.807, 2.05) is 6.07 Å². The van der Waals surface area contributed by atoms with Crippen LogP contribution in [0.5, 0.6) is 5.75 Å². The molecule has 1 N–H and O–H groups in total. The van der Waals surface area contributed by atoms with Crippen LogP contribution in [0.25, 0.3) is 10.9 Å². The van der Waals surface area contributed by atoms with Crippen LogP contribution in [0.15, 0.2) is 54.7 Å². The highest BCUT2D eigenvalue weighted by Gasteiger charge is 2.18. The van der Waals surface area contributed by atoms with Gasteiger partial charge >= 0.3 is 0 Å². The van der Waals surface area contributed by atoms with Gasteiger partial charge in [-0.05, 0) is 29.3 Å².